The standard InChI is InChI=1S/C20H19N9O3/c1-20(2,3)32-19(30)29-13-7-6-11(9-12(13)24-27-29)10-28-17-16(25-26-28)15(22-18(21)23-17)14-5-4-8-31-14/h4-9H,10H2,1-3H3,(H2,21,22,23). The van der Waals surface area contributed by atoms with Gasteiger partial charge in [-0.1, -0.05) is 16.5 Å². The lowest BCUT2D eigenvalue weighted by Crippen LogP contribution is -2.27. The number of hydrogen-bond acceptors (Lipinski definition) is 10. The molecule has 5 aromatic rings. The maximum absolute atomic E-state index is 12.4. The summed E-state index contributed by atoms with van der Waals surface area (Å²) in [5, 5.41) is 16.4. The van der Waals surface area contributed by atoms with Crippen LogP contribution >= 0.6 is 0 Å². The number of benzene rings is 1. The predicted octanol–water partition coefficient (Wildman–Crippen LogP) is 2.64. The molecule has 0 amide bonds. The molecular weight excluding hydrogens is 414 g/mol. The van der Waals surface area contributed by atoms with E-state index < -0.39 is 11.7 Å². The van der Waals surface area contributed by atoms with Crippen molar-refractivity contribution in [3.8, 4) is 11.5 Å². The second-order valence-corrected chi connectivity index (χ2v) is 8.13. The summed E-state index contributed by atoms with van der Waals surface area (Å²) in [6.45, 7) is 5.72. The number of carbonyl (C=O) groups is 1. The molecule has 12 heteroatoms. The number of nitrogens with zero attached hydrogens (tertiary/aromatic N) is 8. The zero-order valence-corrected chi connectivity index (χ0v) is 17.6. The van der Waals surface area contributed by atoms with Crippen LogP contribution in [0.5, 0.6) is 0 Å². The van der Waals surface area contributed by atoms with E-state index in [9.17, 15) is 4.79 Å². The quantitative estimate of drug-likeness (QED) is 0.449. The van der Waals surface area contributed by atoms with Crippen LogP contribution in [0.25, 0.3) is 33.7 Å². The van der Waals surface area contributed by atoms with Crippen molar-refractivity contribution in [1.82, 2.24) is 40.0 Å². The summed E-state index contributed by atoms with van der Waals surface area (Å²) in [5.74, 6) is 0.611. The SMILES string of the molecule is CC(C)(C)OC(=O)n1nnc2cc(Cn3nnc4c(-c5ccco5)nc(N)nc43)ccc21. The van der Waals surface area contributed by atoms with Crippen LogP contribution in [0.3, 0.4) is 0 Å². The van der Waals surface area contributed by atoms with E-state index >= 15 is 0 Å². The van der Waals surface area contributed by atoms with E-state index in [0.29, 0.717) is 40.2 Å². The molecule has 4 heterocycles. The Bertz CT molecular complexity index is 1440. The summed E-state index contributed by atoms with van der Waals surface area (Å²) in [6.07, 6.45) is 0.955. The van der Waals surface area contributed by atoms with Crippen molar-refractivity contribution in [3.63, 3.8) is 0 Å². The molecule has 1 aromatic carbocycles. The van der Waals surface area contributed by atoms with Gasteiger partial charge in [-0.05, 0) is 50.6 Å². The van der Waals surface area contributed by atoms with E-state index in [4.69, 9.17) is 14.9 Å². The summed E-state index contributed by atoms with van der Waals surface area (Å²) < 4.78 is 13.6. The first-order chi connectivity index (χ1) is 15.3. The zero-order valence-electron chi connectivity index (χ0n) is 17.6. The average molecular weight is 433 g/mol. The second-order valence-electron chi connectivity index (χ2n) is 8.13. The third-order valence-electron chi connectivity index (χ3n) is 4.54. The van der Waals surface area contributed by atoms with E-state index in [1.54, 1.807) is 49.9 Å². The highest BCUT2D eigenvalue weighted by molar-refractivity contribution is 5.87. The Hall–Kier alpha value is -4.35. The molecule has 0 aliphatic rings. The van der Waals surface area contributed by atoms with Gasteiger partial charge in [-0.25, -0.2) is 14.5 Å². The topological polar surface area (TPSA) is 153 Å². The second kappa shape index (κ2) is 7.11. The highest BCUT2D eigenvalue weighted by atomic mass is 16.6. The van der Waals surface area contributed by atoms with Crippen LogP contribution in [0.4, 0.5) is 10.7 Å². The minimum absolute atomic E-state index is 0.0863. The number of hydrogen-bond donors (Lipinski definition) is 1. The molecule has 0 bridgehead atoms. The molecule has 0 saturated carbocycles. The molecule has 0 radical (unpaired) electrons. The summed E-state index contributed by atoms with van der Waals surface area (Å²) in [6, 6.07) is 8.93. The number of anilines is 1. The maximum Gasteiger partial charge on any atom is 0.437 e. The van der Waals surface area contributed by atoms with Crippen LogP contribution < -0.4 is 5.73 Å². The number of rotatable bonds is 3. The Morgan fingerprint density at radius 3 is 2.75 bits per heavy atom. The van der Waals surface area contributed by atoms with Crippen LogP contribution in [0.1, 0.15) is 26.3 Å². The lowest BCUT2D eigenvalue weighted by atomic mass is 10.2. The number of aromatic nitrogens is 8. The molecule has 0 spiro atoms. The lowest BCUT2D eigenvalue weighted by Gasteiger charge is -2.18. The first-order valence-corrected chi connectivity index (χ1v) is 9.77. The third kappa shape index (κ3) is 3.51. The predicted molar refractivity (Wildman–Crippen MR) is 113 cm³/mol. The van der Waals surface area contributed by atoms with Crippen LogP contribution in [0.15, 0.2) is 41.0 Å². The van der Waals surface area contributed by atoms with Crippen LogP contribution in [0.2, 0.25) is 0 Å². The monoisotopic (exact) mass is 433 g/mol. The average Bonchev–Trinajstić information content (AvgIpc) is 3.46. The van der Waals surface area contributed by atoms with E-state index in [0.717, 1.165) is 10.2 Å². The van der Waals surface area contributed by atoms with E-state index in [-0.39, 0.29) is 5.95 Å². The van der Waals surface area contributed by atoms with Gasteiger partial charge in [0.15, 0.2) is 16.9 Å². The van der Waals surface area contributed by atoms with Crippen molar-refractivity contribution < 1.29 is 13.9 Å². The Morgan fingerprint density at radius 2 is 2.00 bits per heavy atom. The third-order valence-corrected chi connectivity index (χ3v) is 4.54. The first-order valence-electron chi connectivity index (χ1n) is 9.77. The van der Waals surface area contributed by atoms with E-state index in [2.05, 4.69) is 30.6 Å². The smallest absolute Gasteiger partial charge is 0.437 e. The minimum atomic E-state index is -0.637. The van der Waals surface area contributed by atoms with Crippen LogP contribution in [0, 0.1) is 0 Å². The largest absolute Gasteiger partial charge is 0.463 e. The molecule has 0 aliphatic carbocycles. The number of nitrogen functional groups attached to an aromatic ring is 1. The van der Waals surface area contributed by atoms with Gasteiger partial charge in [0.2, 0.25) is 5.95 Å². The first kappa shape index (κ1) is 19.6. The molecule has 4 aromatic heterocycles. The fourth-order valence-electron chi connectivity index (χ4n) is 3.25. The Balaban J connectivity index is 1.48. The molecule has 0 aliphatic heterocycles. The van der Waals surface area contributed by atoms with E-state index in [1.165, 1.54) is 0 Å². The van der Waals surface area contributed by atoms with Gasteiger partial charge in [-0.2, -0.15) is 4.98 Å². The highest BCUT2D eigenvalue weighted by Gasteiger charge is 2.21. The van der Waals surface area contributed by atoms with Crippen molar-refractivity contribution in [2.75, 3.05) is 5.73 Å². The molecule has 162 valence electrons. The fourth-order valence-corrected chi connectivity index (χ4v) is 3.25. The van der Waals surface area contributed by atoms with Gasteiger partial charge < -0.3 is 14.9 Å². The molecule has 12 nitrogen and oxygen atoms in total. The van der Waals surface area contributed by atoms with Crippen molar-refractivity contribution >= 4 is 34.2 Å². The molecule has 0 unspecified atom stereocenters. The van der Waals surface area contributed by atoms with E-state index in [1.807, 2.05) is 12.1 Å². The van der Waals surface area contributed by atoms with Crippen molar-refractivity contribution in [2.24, 2.45) is 0 Å². The molecule has 5 rings (SSSR count). The summed E-state index contributed by atoms with van der Waals surface area (Å²) in [4.78, 5) is 20.9. The van der Waals surface area contributed by atoms with Gasteiger partial charge in [-0.3, -0.25) is 0 Å². The minimum Gasteiger partial charge on any atom is -0.463 e. The molecule has 2 N–H and O–H groups in total. The van der Waals surface area contributed by atoms with Crippen molar-refractivity contribution in [1.29, 1.82) is 0 Å². The van der Waals surface area contributed by atoms with Crippen LogP contribution in [-0.2, 0) is 11.3 Å². The lowest BCUT2D eigenvalue weighted by molar-refractivity contribution is 0.0519. The Labute approximate surface area is 181 Å². The maximum atomic E-state index is 12.4. The van der Waals surface area contributed by atoms with Gasteiger partial charge in [0.25, 0.3) is 0 Å². The van der Waals surface area contributed by atoms with Gasteiger partial charge in [0.05, 0.1) is 12.8 Å². The number of ether oxygens (including phenoxy) is 1. The molecule has 0 fully saturated rings. The summed E-state index contributed by atoms with van der Waals surface area (Å²) in [5.41, 5.74) is 8.63. The van der Waals surface area contributed by atoms with Crippen molar-refractivity contribution in [3.05, 3.63) is 42.2 Å². The molecular formula is C20H19N9O3. The molecule has 0 saturated heterocycles. The summed E-state index contributed by atoms with van der Waals surface area (Å²) >= 11 is 0. The van der Waals surface area contributed by atoms with Gasteiger partial charge >= 0.3 is 6.09 Å². The highest BCUT2D eigenvalue weighted by Crippen LogP contribution is 2.26. The summed E-state index contributed by atoms with van der Waals surface area (Å²) in [7, 11) is 0. The number of carbonyl (C=O) groups excluding carboxylic acids is 1. The Morgan fingerprint density at radius 1 is 1.16 bits per heavy atom. The molecule has 0 atom stereocenters. The van der Waals surface area contributed by atoms with Gasteiger partial charge in [0, 0.05) is 0 Å². The van der Waals surface area contributed by atoms with Crippen molar-refractivity contribution in [2.45, 2.75) is 32.9 Å². The molecule has 32 heavy (non-hydrogen) atoms. The van der Waals surface area contributed by atoms with Crippen LogP contribution in [-0.4, -0.2) is 51.6 Å². The fraction of sp³-hybridized carbons (Fsp3) is 0.250. The Kier molecular flexibility index (Phi) is 4.36. The van der Waals surface area contributed by atoms with Gasteiger partial charge in [-0.15, -0.1) is 14.9 Å². The number of nitrogens with two attached hydrogens (primary N) is 1. The van der Waals surface area contributed by atoms with Gasteiger partial charge in [0.1, 0.15) is 22.3 Å². The number of fused-ring (bicyclic) bond motifs is 2. The normalized spacial score (nSPS) is 12.0. The zero-order chi connectivity index (χ0) is 22.5. The number of furan rings is 1.